The Morgan fingerprint density at radius 3 is 2.72 bits per heavy atom. The van der Waals surface area contributed by atoms with E-state index in [1.165, 1.54) is 0 Å². The number of thiazole rings is 1. The summed E-state index contributed by atoms with van der Waals surface area (Å²) in [6.07, 6.45) is 3.90. The highest BCUT2D eigenvalue weighted by molar-refractivity contribution is 7.18. The van der Waals surface area contributed by atoms with Crippen LogP contribution in [-0.2, 0) is 6.42 Å². The number of anilines is 2. The molecule has 2 N–H and O–H groups in total. The molecule has 0 saturated carbocycles. The number of carbonyl (C=O) groups is 2. The van der Waals surface area contributed by atoms with Gasteiger partial charge >= 0.3 is 6.03 Å². The number of carbonyl (C=O) groups excluding carboxylic acids is 2. The van der Waals surface area contributed by atoms with Gasteiger partial charge in [0.15, 0.2) is 5.13 Å². The lowest BCUT2D eigenvalue weighted by molar-refractivity contribution is 0.0983. The minimum atomic E-state index is -0.347. The van der Waals surface area contributed by atoms with Gasteiger partial charge in [0.1, 0.15) is 10.7 Å². The number of pyridine rings is 2. The molecule has 0 saturated heterocycles. The molecule has 0 unspecified atom stereocenters. The molecule has 0 spiro atoms. The minimum Gasteiger partial charge on any atom is -0.336 e. The van der Waals surface area contributed by atoms with Crippen molar-refractivity contribution in [3.63, 3.8) is 0 Å². The van der Waals surface area contributed by atoms with E-state index in [4.69, 9.17) is 11.6 Å². The zero-order chi connectivity index (χ0) is 23.0. The van der Waals surface area contributed by atoms with Crippen molar-refractivity contribution in [2.45, 2.75) is 40.2 Å². The quantitative estimate of drug-likeness (QED) is 0.580. The Morgan fingerprint density at radius 2 is 2.00 bits per heavy atom. The highest BCUT2D eigenvalue weighted by Gasteiger charge is 2.31. The molecule has 4 heterocycles. The number of hydrogen-bond acceptors (Lipinski definition) is 6. The second kappa shape index (κ2) is 8.84. The Hall–Kier alpha value is -3.04. The lowest BCUT2D eigenvalue weighted by atomic mass is 10.1. The first-order chi connectivity index (χ1) is 15.2. The Labute approximate surface area is 195 Å². The molecular formula is C22H23ClN6O2S. The average molecular weight is 471 g/mol. The number of halogens is 1. The number of aromatic nitrogens is 3. The summed E-state index contributed by atoms with van der Waals surface area (Å²) in [7, 11) is 0. The molecule has 166 valence electrons. The number of nitrogens with zero attached hydrogens (tertiary/aromatic N) is 4. The summed E-state index contributed by atoms with van der Waals surface area (Å²) in [5.41, 5.74) is 4.22. The minimum absolute atomic E-state index is 0.00135. The van der Waals surface area contributed by atoms with Gasteiger partial charge < -0.3 is 5.32 Å². The second-order valence-corrected chi connectivity index (χ2v) is 9.36. The zero-order valence-corrected chi connectivity index (χ0v) is 19.8. The highest BCUT2D eigenvalue weighted by atomic mass is 35.5. The number of amides is 3. The lowest BCUT2D eigenvalue weighted by Gasteiger charge is -2.25. The van der Waals surface area contributed by atoms with Crippen LogP contribution in [0.25, 0.3) is 11.3 Å². The molecule has 8 nitrogen and oxygen atoms in total. The Balaban J connectivity index is 1.61. The van der Waals surface area contributed by atoms with Gasteiger partial charge in [-0.1, -0.05) is 29.0 Å². The summed E-state index contributed by atoms with van der Waals surface area (Å²) in [6.45, 7) is 8.13. The van der Waals surface area contributed by atoms with Gasteiger partial charge in [-0.25, -0.2) is 14.8 Å². The molecule has 1 aliphatic rings. The predicted octanol–water partition coefficient (Wildman–Crippen LogP) is 4.60. The van der Waals surface area contributed by atoms with E-state index in [0.29, 0.717) is 39.5 Å². The van der Waals surface area contributed by atoms with Crippen LogP contribution in [-0.4, -0.2) is 39.5 Å². The molecule has 0 aromatic carbocycles. The molecule has 3 aromatic rings. The van der Waals surface area contributed by atoms with Crippen LogP contribution in [0.2, 0.25) is 5.02 Å². The molecule has 3 amide bonds. The molecule has 0 radical (unpaired) electrons. The average Bonchev–Trinajstić information content (AvgIpc) is 3.12. The Kier molecular flexibility index (Phi) is 6.12. The highest BCUT2D eigenvalue weighted by Crippen LogP contribution is 2.34. The van der Waals surface area contributed by atoms with Gasteiger partial charge in [0, 0.05) is 37.0 Å². The molecular weight excluding hydrogens is 448 g/mol. The van der Waals surface area contributed by atoms with Crippen LogP contribution >= 0.6 is 22.9 Å². The van der Waals surface area contributed by atoms with Crippen LogP contribution in [0.15, 0.2) is 24.5 Å². The third kappa shape index (κ3) is 4.44. The lowest BCUT2D eigenvalue weighted by Crippen LogP contribution is -2.37. The van der Waals surface area contributed by atoms with E-state index in [1.54, 1.807) is 23.4 Å². The van der Waals surface area contributed by atoms with E-state index in [1.807, 2.05) is 33.8 Å². The van der Waals surface area contributed by atoms with Crippen LogP contribution in [0.4, 0.5) is 15.7 Å². The van der Waals surface area contributed by atoms with Crippen LogP contribution in [0.5, 0.6) is 0 Å². The van der Waals surface area contributed by atoms with Crippen molar-refractivity contribution >= 4 is 45.8 Å². The summed E-state index contributed by atoms with van der Waals surface area (Å²) in [4.78, 5) is 40.7. The number of rotatable bonds is 4. The Bertz CT molecular complexity index is 1210. The molecule has 0 aliphatic carbocycles. The van der Waals surface area contributed by atoms with Gasteiger partial charge in [0.2, 0.25) is 0 Å². The molecule has 0 atom stereocenters. The maximum atomic E-state index is 13.2. The number of nitrogens with one attached hydrogen (secondary N) is 2. The van der Waals surface area contributed by atoms with Crippen molar-refractivity contribution in [3.8, 4) is 11.3 Å². The number of urea groups is 1. The standard InChI is InChI=1S/C22H23ClN6O2S/c1-11(2)26-21(31)28-22-27-16-5-6-29(20(30)19(16)32-22)17-8-14(15(23)10-24-17)18-13(4)7-12(3)9-25-18/h7-11H,5-6H2,1-4H3,(H2,26,27,28,31). The maximum absolute atomic E-state index is 13.2. The number of aryl methyl sites for hydroxylation is 2. The van der Waals surface area contributed by atoms with Crippen molar-refractivity contribution < 1.29 is 9.59 Å². The smallest absolute Gasteiger partial charge is 0.321 e. The first-order valence-corrected chi connectivity index (χ1v) is 11.4. The summed E-state index contributed by atoms with van der Waals surface area (Å²) < 4.78 is 0. The fourth-order valence-electron chi connectivity index (χ4n) is 3.55. The maximum Gasteiger partial charge on any atom is 0.321 e. The number of hydrogen-bond donors (Lipinski definition) is 2. The molecule has 4 rings (SSSR count). The van der Waals surface area contributed by atoms with E-state index in [0.717, 1.165) is 33.7 Å². The molecule has 1 aliphatic heterocycles. The fourth-order valence-corrected chi connectivity index (χ4v) is 4.70. The van der Waals surface area contributed by atoms with Gasteiger partial charge in [-0.15, -0.1) is 0 Å². The van der Waals surface area contributed by atoms with Crippen molar-refractivity contribution in [2.24, 2.45) is 0 Å². The summed E-state index contributed by atoms with van der Waals surface area (Å²) in [5.74, 6) is 0.303. The van der Waals surface area contributed by atoms with Gasteiger partial charge in [0.25, 0.3) is 5.91 Å². The predicted molar refractivity (Wildman–Crippen MR) is 127 cm³/mol. The molecule has 10 heteroatoms. The second-order valence-electron chi connectivity index (χ2n) is 7.96. The molecule has 0 bridgehead atoms. The molecule has 32 heavy (non-hydrogen) atoms. The van der Waals surface area contributed by atoms with Crippen molar-refractivity contribution in [1.29, 1.82) is 0 Å². The molecule has 3 aromatic heterocycles. The van der Waals surface area contributed by atoms with Gasteiger partial charge in [-0.2, -0.15) is 0 Å². The topological polar surface area (TPSA) is 100 Å². The van der Waals surface area contributed by atoms with Crippen LogP contribution in [0.3, 0.4) is 0 Å². The van der Waals surface area contributed by atoms with Crippen molar-refractivity contribution in [2.75, 3.05) is 16.8 Å². The van der Waals surface area contributed by atoms with E-state index >= 15 is 0 Å². The monoisotopic (exact) mass is 470 g/mol. The molecule has 0 fully saturated rings. The summed E-state index contributed by atoms with van der Waals surface area (Å²) in [6, 6.07) is 3.49. The summed E-state index contributed by atoms with van der Waals surface area (Å²) in [5, 5.41) is 6.31. The van der Waals surface area contributed by atoms with Gasteiger partial charge in [-0.05, 0) is 44.9 Å². The van der Waals surface area contributed by atoms with Gasteiger partial charge in [-0.3, -0.25) is 20.0 Å². The SMILES string of the molecule is Cc1cnc(-c2cc(N3CCc4nc(NC(=O)NC(C)C)sc4C3=O)ncc2Cl)c(C)c1. The third-order valence-corrected chi connectivity index (χ3v) is 6.24. The van der Waals surface area contributed by atoms with Crippen molar-refractivity contribution in [1.82, 2.24) is 20.3 Å². The van der Waals surface area contributed by atoms with E-state index in [-0.39, 0.29) is 18.0 Å². The van der Waals surface area contributed by atoms with Crippen LogP contribution in [0, 0.1) is 13.8 Å². The van der Waals surface area contributed by atoms with Crippen molar-refractivity contribution in [3.05, 3.63) is 51.2 Å². The Morgan fingerprint density at radius 1 is 1.22 bits per heavy atom. The fraction of sp³-hybridized carbons (Fsp3) is 0.318. The van der Waals surface area contributed by atoms with Gasteiger partial charge in [0.05, 0.1) is 16.4 Å². The summed E-state index contributed by atoms with van der Waals surface area (Å²) >= 11 is 7.59. The third-order valence-electron chi connectivity index (χ3n) is 4.94. The number of fused-ring (bicyclic) bond motifs is 1. The van der Waals surface area contributed by atoms with Crippen LogP contribution in [0.1, 0.15) is 40.3 Å². The van der Waals surface area contributed by atoms with E-state index < -0.39 is 0 Å². The normalized spacial score (nSPS) is 13.3. The zero-order valence-electron chi connectivity index (χ0n) is 18.2. The van der Waals surface area contributed by atoms with E-state index in [9.17, 15) is 9.59 Å². The van der Waals surface area contributed by atoms with Crippen LogP contribution < -0.4 is 15.5 Å². The van der Waals surface area contributed by atoms with E-state index in [2.05, 4.69) is 25.6 Å². The largest absolute Gasteiger partial charge is 0.336 e. The first kappa shape index (κ1) is 22.2. The first-order valence-electron chi connectivity index (χ1n) is 10.2.